The van der Waals surface area contributed by atoms with Crippen LogP contribution in [0.2, 0.25) is 0 Å². The van der Waals surface area contributed by atoms with E-state index in [1.807, 2.05) is 13.8 Å². The molecule has 0 unspecified atom stereocenters. The van der Waals surface area contributed by atoms with E-state index in [-0.39, 0.29) is 6.54 Å². The maximum atomic E-state index is 11.5. The summed E-state index contributed by atoms with van der Waals surface area (Å²) in [6, 6.07) is 0. The largest absolute Gasteiger partial charge is 0.307 e. The summed E-state index contributed by atoms with van der Waals surface area (Å²) in [5, 5.41) is 2.18. The molecule has 0 saturated heterocycles. The molecule has 0 aliphatic rings. The van der Waals surface area contributed by atoms with Crippen molar-refractivity contribution in [2.45, 2.75) is 13.8 Å². The summed E-state index contributed by atoms with van der Waals surface area (Å²) >= 11 is 5.08. The van der Waals surface area contributed by atoms with Gasteiger partial charge in [0, 0.05) is 12.3 Å². The Kier molecular flexibility index (Phi) is 4.98. The second-order valence-electron chi connectivity index (χ2n) is 2.21. The standard InChI is InChI=1S/C6H13ClNO2P/c1-3-11(10,4-2)8-5-6(7)9/h3-5H2,1-2H3,(H,8,10). The molecule has 0 bridgehead atoms. The number of halogens is 1. The van der Waals surface area contributed by atoms with Gasteiger partial charge in [-0.05, 0) is 11.6 Å². The van der Waals surface area contributed by atoms with Gasteiger partial charge in [0.25, 0.3) is 0 Å². The predicted octanol–water partition coefficient (Wildman–Crippen LogP) is 1.66. The molecule has 1 N–H and O–H groups in total. The van der Waals surface area contributed by atoms with Gasteiger partial charge in [-0.15, -0.1) is 0 Å². The molecule has 0 aromatic rings. The minimum atomic E-state index is -2.29. The van der Waals surface area contributed by atoms with E-state index in [2.05, 4.69) is 5.09 Å². The smallest absolute Gasteiger partial charge is 0.235 e. The third-order valence-electron chi connectivity index (χ3n) is 1.53. The minimum absolute atomic E-state index is 0.000509. The Morgan fingerprint density at radius 2 is 1.91 bits per heavy atom. The molecule has 0 spiro atoms. The molecule has 0 rings (SSSR count). The van der Waals surface area contributed by atoms with Crippen LogP contribution in [-0.4, -0.2) is 24.1 Å². The maximum Gasteiger partial charge on any atom is 0.235 e. The summed E-state index contributed by atoms with van der Waals surface area (Å²) in [5.74, 6) is 0. The first-order valence-corrected chi connectivity index (χ1v) is 6.01. The Labute approximate surface area is 71.9 Å². The molecular weight excluding hydrogens is 184 g/mol. The summed E-state index contributed by atoms with van der Waals surface area (Å²) in [5.41, 5.74) is 0. The summed E-state index contributed by atoms with van der Waals surface area (Å²) in [6.07, 6.45) is 1.13. The van der Waals surface area contributed by atoms with Crippen LogP contribution in [0.5, 0.6) is 0 Å². The molecule has 0 atom stereocenters. The van der Waals surface area contributed by atoms with Crippen LogP contribution in [0.25, 0.3) is 0 Å². The van der Waals surface area contributed by atoms with Gasteiger partial charge in [0.2, 0.25) is 5.24 Å². The number of carbonyl (C=O) groups excluding carboxylic acids is 1. The monoisotopic (exact) mass is 197 g/mol. The molecule has 0 aromatic carbocycles. The molecule has 66 valence electrons. The van der Waals surface area contributed by atoms with Crippen molar-refractivity contribution in [2.24, 2.45) is 0 Å². The molecule has 0 heterocycles. The number of nitrogens with one attached hydrogen (secondary N) is 1. The van der Waals surface area contributed by atoms with E-state index in [1.165, 1.54) is 0 Å². The molecule has 0 aliphatic carbocycles. The van der Waals surface area contributed by atoms with Gasteiger partial charge in [0.15, 0.2) is 0 Å². The van der Waals surface area contributed by atoms with Gasteiger partial charge in [-0.3, -0.25) is 9.88 Å². The van der Waals surface area contributed by atoms with Crippen LogP contribution in [0.3, 0.4) is 0 Å². The van der Waals surface area contributed by atoms with Gasteiger partial charge in [-0.25, -0.2) is 0 Å². The summed E-state index contributed by atoms with van der Waals surface area (Å²) in [4.78, 5) is 10.3. The Balaban J connectivity index is 3.89. The van der Waals surface area contributed by atoms with E-state index < -0.39 is 12.5 Å². The van der Waals surface area contributed by atoms with Gasteiger partial charge >= 0.3 is 0 Å². The van der Waals surface area contributed by atoms with Crippen molar-refractivity contribution >= 4 is 24.1 Å². The fraction of sp³-hybridized carbons (Fsp3) is 0.833. The lowest BCUT2D eigenvalue weighted by Gasteiger charge is -2.13. The molecule has 0 aliphatic heterocycles. The van der Waals surface area contributed by atoms with E-state index in [9.17, 15) is 9.36 Å². The van der Waals surface area contributed by atoms with Crippen LogP contribution in [0.15, 0.2) is 0 Å². The van der Waals surface area contributed by atoms with Crippen LogP contribution in [0, 0.1) is 0 Å². The first-order valence-electron chi connectivity index (χ1n) is 3.55. The molecule has 3 nitrogen and oxygen atoms in total. The lowest BCUT2D eigenvalue weighted by Crippen LogP contribution is -2.19. The summed E-state index contributed by atoms with van der Waals surface area (Å²) in [7, 11) is -2.29. The van der Waals surface area contributed by atoms with Crippen molar-refractivity contribution in [3.05, 3.63) is 0 Å². The quantitative estimate of drug-likeness (QED) is 0.539. The van der Waals surface area contributed by atoms with E-state index in [0.717, 1.165) is 0 Å². The van der Waals surface area contributed by atoms with Gasteiger partial charge in [-0.2, -0.15) is 0 Å². The van der Waals surface area contributed by atoms with Crippen LogP contribution in [0.4, 0.5) is 0 Å². The zero-order valence-electron chi connectivity index (χ0n) is 6.76. The summed E-state index contributed by atoms with van der Waals surface area (Å²) in [6.45, 7) is 3.66. The van der Waals surface area contributed by atoms with E-state index >= 15 is 0 Å². The van der Waals surface area contributed by atoms with E-state index in [0.29, 0.717) is 12.3 Å². The zero-order valence-corrected chi connectivity index (χ0v) is 8.41. The highest BCUT2D eigenvalue weighted by molar-refractivity contribution is 7.61. The second-order valence-corrected chi connectivity index (χ2v) is 5.99. The fourth-order valence-corrected chi connectivity index (χ4v) is 2.14. The maximum absolute atomic E-state index is 11.5. The molecule has 0 aromatic heterocycles. The Hall–Kier alpha value is 0.150. The first-order chi connectivity index (χ1) is 5.04. The Bertz CT molecular complexity index is 175. The number of carbonyl (C=O) groups is 1. The normalized spacial score (nSPS) is 11.5. The summed E-state index contributed by atoms with van der Waals surface area (Å²) < 4.78 is 11.5. The van der Waals surface area contributed by atoms with Gasteiger partial charge in [0.05, 0.1) is 6.54 Å². The van der Waals surface area contributed by atoms with Crippen LogP contribution in [-0.2, 0) is 9.36 Å². The molecule has 0 fully saturated rings. The number of hydrogen-bond donors (Lipinski definition) is 1. The highest BCUT2D eigenvalue weighted by atomic mass is 35.5. The third kappa shape index (κ3) is 4.57. The minimum Gasteiger partial charge on any atom is -0.307 e. The number of hydrogen-bond acceptors (Lipinski definition) is 2. The van der Waals surface area contributed by atoms with Crippen molar-refractivity contribution in [3.8, 4) is 0 Å². The van der Waals surface area contributed by atoms with Gasteiger partial charge in [-0.1, -0.05) is 13.8 Å². The van der Waals surface area contributed by atoms with Crippen LogP contribution < -0.4 is 5.09 Å². The third-order valence-corrected chi connectivity index (χ3v) is 4.44. The van der Waals surface area contributed by atoms with E-state index in [1.54, 1.807) is 0 Å². The number of rotatable bonds is 5. The van der Waals surface area contributed by atoms with Crippen molar-refractivity contribution < 1.29 is 9.36 Å². The molecule has 0 radical (unpaired) electrons. The van der Waals surface area contributed by atoms with Gasteiger partial charge < -0.3 is 4.57 Å². The van der Waals surface area contributed by atoms with Gasteiger partial charge in [0.1, 0.15) is 7.29 Å². The van der Waals surface area contributed by atoms with Crippen LogP contribution in [0.1, 0.15) is 13.8 Å². The van der Waals surface area contributed by atoms with Crippen LogP contribution >= 0.6 is 18.9 Å². The molecule has 11 heavy (non-hydrogen) atoms. The Morgan fingerprint density at radius 3 is 2.18 bits per heavy atom. The SMILES string of the molecule is CCP(=O)(CC)NCC(=O)Cl. The highest BCUT2D eigenvalue weighted by Gasteiger charge is 2.16. The molecule has 0 saturated carbocycles. The van der Waals surface area contributed by atoms with Crippen molar-refractivity contribution in [1.82, 2.24) is 5.09 Å². The highest BCUT2D eigenvalue weighted by Crippen LogP contribution is 2.38. The predicted molar refractivity (Wildman–Crippen MR) is 47.6 cm³/mol. The topological polar surface area (TPSA) is 46.2 Å². The lowest BCUT2D eigenvalue weighted by atomic mass is 10.8. The fourth-order valence-electron chi connectivity index (χ4n) is 0.653. The molecular formula is C6H13ClNO2P. The van der Waals surface area contributed by atoms with Crippen molar-refractivity contribution in [1.29, 1.82) is 0 Å². The van der Waals surface area contributed by atoms with Crippen molar-refractivity contribution in [2.75, 3.05) is 18.9 Å². The Morgan fingerprint density at radius 1 is 1.45 bits per heavy atom. The average Bonchev–Trinajstić information content (AvgIpc) is 2.00. The average molecular weight is 198 g/mol. The van der Waals surface area contributed by atoms with Crippen molar-refractivity contribution in [3.63, 3.8) is 0 Å². The zero-order chi connectivity index (χ0) is 8.91. The second kappa shape index (κ2) is 4.91. The molecule has 0 amide bonds. The first kappa shape index (κ1) is 11.2. The lowest BCUT2D eigenvalue weighted by molar-refractivity contribution is -0.110. The van der Waals surface area contributed by atoms with E-state index in [4.69, 9.17) is 11.6 Å². The molecule has 5 heteroatoms.